The smallest absolute Gasteiger partial charge is 0.317 e. The van der Waals surface area contributed by atoms with Crippen LogP contribution in [0.3, 0.4) is 0 Å². The van der Waals surface area contributed by atoms with Gasteiger partial charge in [0.25, 0.3) is 11.8 Å². The molecule has 1 aromatic rings. The largest absolute Gasteiger partial charge is 0.480 e. The molecule has 2 amide bonds. The number of carboxylic acids is 1. The van der Waals surface area contributed by atoms with Gasteiger partial charge in [0.2, 0.25) is 0 Å². The van der Waals surface area contributed by atoms with Gasteiger partial charge in [-0.2, -0.15) is 0 Å². The number of amides is 2. The topological polar surface area (TPSA) is 77.9 Å². The van der Waals surface area contributed by atoms with Gasteiger partial charge in [0.15, 0.2) is 0 Å². The van der Waals surface area contributed by atoms with Gasteiger partial charge in [-0.05, 0) is 12.1 Å². The van der Waals surface area contributed by atoms with Crippen molar-refractivity contribution in [2.75, 3.05) is 26.2 Å². The van der Waals surface area contributed by atoms with E-state index in [0.29, 0.717) is 24.2 Å². The van der Waals surface area contributed by atoms with Gasteiger partial charge in [0.1, 0.15) is 0 Å². The summed E-state index contributed by atoms with van der Waals surface area (Å²) in [6.45, 7) is 4.25. The molecule has 0 fully saturated rings. The van der Waals surface area contributed by atoms with E-state index in [0.717, 1.165) is 4.90 Å². The standard InChI is InChI=1S/C15H16N2O4/c1-2-7-16(10-13(18)19)8-9-17-14(20)11-5-3-4-6-12(11)15(17)21/h2-6H,1,7-10H2,(H,18,19). The lowest BCUT2D eigenvalue weighted by Gasteiger charge is -2.21. The van der Waals surface area contributed by atoms with E-state index >= 15 is 0 Å². The quantitative estimate of drug-likeness (QED) is 0.594. The maximum absolute atomic E-state index is 12.1. The van der Waals surface area contributed by atoms with Crippen molar-refractivity contribution in [3.05, 3.63) is 48.0 Å². The number of rotatable bonds is 7. The first kappa shape index (κ1) is 14.9. The first-order valence-corrected chi connectivity index (χ1v) is 6.55. The number of aliphatic carboxylic acids is 1. The fraction of sp³-hybridized carbons (Fsp3) is 0.267. The molecular weight excluding hydrogens is 272 g/mol. The highest BCUT2D eigenvalue weighted by atomic mass is 16.4. The molecule has 110 valence electrons. The van der Waals surface area contributed by atoms with Crippen LogP contribution in [-0.2, 0) is 4.79 Å². The Labute approximate surface area is 122 Å². The van der Waals surface area contributed by atoms with E-state index < -0.39 is 5.97 Å². The third kappa shape index (κ3) is 3.17. The molecule has 1 heterocycles. The Bertz CT molecular complexity index is 562. The molecule has 0 spiro atoms. The molecule has 2 rings (SSSR count). The molecule has 1 aliphatic heterocycles. The van der Waals surface area contributed by atoms with Crippen LogP contribution in [0, 0.1) is 0 Å². The van der Waals surface area contributed by atoms with Crippen molar-refractivity contribution >= 4 is 17.8 Å². The summed E-state index contributed by atoms with van der Waals surface area (Å²) in [5.74, 6) is -1.62. The number of carbonyl (C=O) groups excluding carboxylic acids is 2. The summed E-state index contributed by atoms with van der Waals surface area (Å²) in [5.41, 5.74) is 0.798. The van der Waals surface area contributed by atoms with Gasteiger partial charge in [-0.3, -0.25) is 24.2 Å². The van der Waals surface area contributed by atoms with E-state index in [-0.39, 0.29) is 24.9 Å². The van der Waals surface area contributed by atoms with Crippen LogP contribution in [0.2, 0.25) is 0 Å². The van der Waals surface area contributed by atoms with Crippen molar-refractivity contribution in [3.63, 3.8) is 0 Å². The number of hydrogen-bond acceptors (Lipinski definition) is 4. The van der Waals surface area contributed by atoms with Crippen molar-refractivity contribution in [3.8, 4) is 0 Å². The maximum atomic E-state index is 12.1. The predicted molar refractivity (Wildman–Crippen MR) is 76.1 cm³/mol. The lowest BCUT2D eigenvalue weighted by molar-refractivity contribution is -0.138. The van der Waals surface area contributed by atoms with Gasteiger partial charge in [0.05, 0.1) is 17.7 Å². The molecule has 1 N–H and O–H groups in total. The van der Waals surface area contributed by atoms with Crippen molar-refractivity contribution in [1.29, 1.82) is 0 Å². The van der Waals surface area contributed by atoms with Crippen molar-refractivity contribution < 1.29 is 19.5 Å². The zero-order chi connectivity index (χ0) is 15.4. The average molecular weight is 288 g/mol. The van der Waals surface area contributed by atoms with Gasteiger partial charge in [-0.25, -0.2) is 0 Å². The second-order valence-corrected chi connectivity index (χ2v) is 4.73. The SMILES string of the molecule is C=CCN(CCN1C(=O)c2ccccc2C1=O)CC(=O)O. The summed E-state index contributed by atoms with van der Waals surface area (Å²) in [7, 11) is 0. The minimum Gasteiger partial charge on any atom is -0.480 e. The van der Waals surface area contributed by atoms with E-state index in [1.54, 1.807) is 35.2 Å². The predicted octanol–water partition coefficient (Wildman–Crippen LogP) is 0.855. The Morgan fingerprint density at radius 2 is 1.81 bits per heavy atom. The van der Waals surface area contributed by atoms with Crippen LogP contribution in [0.1, 0.15) is 20.7 Å². The highest BCUT2D eigenvalue weighted by Gasteiger charge is 2.34. The summed E-state index contributed by atoms with van der Waals surface area (Å²) in [4.78, 5) is 37.8. The van der Waals surface area contributed by atoms with Crippen LogP contribution in [0.5, 0.6) is 0 Å². The van der Waals surface area contributed by atoms with Gasteiger partial charge in [-0.15, -0.1) is 6.58 Å². The van der Waals surface area contributed by atoms with E-state index in [4.69, 9.17) is 5.11 Å². The Morgan fingerprint density at radius 1 is 1.24 bits per heavy atom. The summed E-state index contributed by atoms with van der Waals surface area (Å²) >= 11 is 0. The molecule has 0 saturated carbocycles. The highest BCUT2D eigenvalue weighted by molar-refractivity contribution is 6.21. The number of hydrogen-bond donors (Lipinski definition) is 1. The number of imide groups is 1. The van der Waals surface area contributed by atoms with Gasteiger partial charge < -0.3 is 5.11 Å². The van der Waals surface area contributed by atoms with Crippen molar-refractivity contribution in [1.82, 2.24) is 9.80 Å². The van der Waals surface area contributed by atoms with E-state index in [9.17, 15) is 14.4 Å². The zero-order valence-electron chi connectivity index (χ0n) is 11.5. The molecule has 21 heavy (non-hydrogen) atoms. The molecule has 0 aromatic heterocycles. The van der Waals surface area contributed by atoms with Crippen molar-refractivity contribution in [2.24, 2.45) is 0 Å². The number of benzene rings is 1. The van der Waals surface area contributed by atoms with Gasteiger partial charge in [0, 0.05) is 19.6 Å². The number of carbonyl (C=O) groups is 3. The van der Waals surface area contributed by atoms with Crippen LogP contribution in [0.4, 0.5) is 0 Å². The molecule has 1 aromatic carbocycles. The Morgan fingerprint density at radius 3 is 2.29 bits per heavy atom. The molecule has 6 nitrogen and oxygen atoms in total. The summed E-state index contributed by atoms with van der Waals surface area (Å²) in [6.07, 6.45) is 1.59. The summed E-state index contributed by atoms with van der Waals surface area (Å²) < 4.78 is 0. The Hall–Kier alpha value is -2.47. The van der Waals surface area contributed by atoms with E-state index in [2.05, 4.69) is 6.58 Å². The molecule has 0 bridgehead atoms. The molecule has 0 saturated heterocycles. The van der Waals surface area contributed by atoms with Gasteiger partial charge in [-0.1, -0.05) is 18.2 Å². The normalized spacial score (nSPS) is 13.7. The first-order chi connectivity index (χ1) is 10.0. The Balaban J connectivity index is 2.04. The lowest BCUT2D eigenvalue weighted by Crippen LogP contribution is -2.40. The molecule has 0 radical (unpaired) electrons. The first-order valence-electron chi connectivity index (χ1n) is 6.55. The highest BCUT2D eigenvalue weighted by Crippen LogP contribution is 2.21. The van der Waals surface area contributed by atoms with E-state index in [1.807, 2.05) is 0 Å². The Kier molecular flexibility index (Phi) is 4.49. The molecular formula is C15H16N2O4. The lowest BCUT2D eigenvalue weighted by atomic mass is 10.1. The van der Waals surface area contributed by atoms with Crippen LogP contribution in [0.15, 0.2) is 36.9 Å². The maximum Gasteiger partial charge on any atom is 0.317 e. The molecule has 1 aliphatic rings. The minimum absolute atomic E-state index is 0.158. The van der Waals surface area contributed by atoms with Gasteiger partial charge >= 0.3 is 5.97 Å². The average Bonchev–Trinajstić information content (AvgIpc) is 2.69. The van der Waals surface area contributed by atoms with Crippen molar-refractivity contribution in [2.45, 2.75) is 0 Å². The van der Waals surface area contributed by atoms with E-state index in [1.165, 1.54) is 0 Å². The second-order valence-electron chi connectivity index (χ2n) is 4.73. The molecule has 0 atom stereocenters. The fourth-order valence-electron chi connectivity index (χ4n) is 2.29. The zero-order valence-corrected chi connectivity index (χ0v) is 11.5. The third-order valence-electron chi connectivity index (χ3n) is 3.26. The number of nitrogens with zero attached hydrogens (tertiary/aromatic N) is 2. The molecule has 6 heteroatoms. The summed E-state index contributed by atoms with van der Waals surface area (Å²) in [5, 5.41) is 8.83. The second kappa shape index (κ2) is 6.32. The van der Waals surface area contributed by atoms with Crippen LogP contribution >= 0.6 is 0 Å². The third-order valence-corrected chi connectivity index (χ3v) is 3.26. The number of fused-ring (bicyclic) bond motifs is 1. The van der Waals surface area contributed by atoms with Crippen LogP contribution in [0.25, 0.3) is 0 Å². The summed E-state index contributed by atoms with van der Waals surface area (Å²) in [6, 6.07) is 6.66. The minimum atomic E-state index is -0.959. The monoisotopic (exact) mass is 288 g/mol. The molecule has 0 unspecified atom stereocenters. The molecule has 0 aliphatic carbocycles. The fourth-order valence-corrected chi connectivity index (χ4v) is 2.29. The van der Waals surface area contributed by atoms with Crippen LogP contribution in [-0.4, -0.2) is 58.9 Å². The number of carboxylic acid groups (broad SMARTS) is 1. The van der Waals surface area contributed by atoms with Crippen LogP contribution < -0.4 is 0 Å².